The summed E-state index contributed by atoms with van der Waals surface area (Å²) in [4.78, 5) is 10.5. The van der Waals surface area contributed by atoms with E-state index in [2.05, 4.69) is 0 Å². The van der Waals surface area contributed by atoms with E-state index in [1.54, 1.807) is 24.3 Å². The molecule has 0 saturated carbocycles. The minimum absolute atomic E-state index is 0.163. The van der Waals surface area contributed by atoms with Crippen LogP contribution in [0.3, 0.4) is 0 Å². The number of nitro groups is 1. The summed E-state index contributed by atoms with van der Waals surface area (Å²) in [6.45, 7) is 0. The maximum atomic E-state index is 11.0. The summed E-state index contributed by atoms with van der Waals surface area (Å²) < 4.78 is 10.6. The van der Waals surface area contributed by atoms with E-state index in [9.17, 15) is 10.1 Å². The van der Waals surface area contributed by atoms with E-state index in [1.807, 2.05) is 0 Å². The number of alkyl halides is 1. The van der Waals surface area contributed by atoms with Crippen LogP contribution in [-0.2, 0) is 5.88 Å². The molecule has 0 spiro atoms. The van der Waals surface area contributed by atoms with Gasteiger partial charge in [0.15, 0.2) is 5.75 Å². The minimum Gasteiger partial charge on any atom is -0.490 e. The fraction of sp³-hybridized carbons (Fsp3) is 0.143. The van der Waals surface area contributed by atoms with E-state index in [4.69, 9.17) is 32.7 Å². The highest BCUT2D eigenvalue weighted by molar-refractivity contribution is 6.32. The smallest absolute Gasteiger partial charge is 0.314 e. The lowest BCUT2D eigenvalue weighted by Gasteiger charge is -2.11. The van der Waals surface area contributed by atoms with E-state index in [-0.39, 0.29) is 17.3 Å². The third-order valence-electron chi connectivity index (χ3n) is 2.78. The van der Waals surface area contributed by atoms with E-state index in [0.717, 1.165) is 0 Å². The van der Waals surface area contributed by atoms with Crippen molar-refractivity contribution in [3.8, 4) is 17.2 Å². The fourth-order valence-electron chi connectivity index (χ4n) is 1.77. The third kappa shape index (κ3) is 3.37. The molecule has 5 nitrogen and oxygen atoms in total. The molecular weight excluding hydrogens is 317 g/mol. The van der Waals surface area contributed by atoms with Crippen LogP contribution in [0.25, 0.3) is 0 Å². The van der Waals surface area contributed by atoms with Crippen LogP contribution in [0, 0.1) is 10.1 Å². The zero-order chi connectivity index (χ0) is 15.4. The molecule has 0 amide bonds. The highest BCUT2D eigenvalue weighted by Gasteiger charge is 2.17. The van der Waals surface area contributed by atoms with Gasteiger partial charge in [0, 0.05) is 10.6 Å². The Morgan fingerprint density at radius 3 is 2.62 bits per heavy atom. The van der Waals surface area contributed by atoms with Gasteiger partial charge in [-0.2, -0.15) is 0 Å². The summed E-state index contributed by atoms with van der Waals surface area (Å²) in [5, 5.41) is 11.5. The van der Waals surface area contributed by atoms with Gasteiger partial charge in [-0.25, -0.2) is 0 Å². The van der Waals surface area contributed by atoms with Gasteiger partial charge in [0.25, 0.3) is 0 Å². The first kappa shape index (κ1) is 15.4. The Bertz CT molecular complexity index is 676. The molecule has 0 saturated heterocycles. The second kappa shape index (κ2) is 6.65. The van der Waals surface area contributed by atoms with Crippen molar-refractivity contribution < 1.29 is 14.4 Å². The summed E-state index contributed by atoms with van der Waals surface area (Å²) in [5.41, 5.74) is 0.448. The summed E-state index contributed by atoms with van der Waals surface area (Å²) in [7, 11) is 1.37. The zero-order valence-corrected chi connectivity index (χ0v) is 12.5. The first-order chi connectivity index (χ1) is 10.1. The number of nitro benzene ring substituents is 1. The van der Waals surface area contributed by atoms with Crippen molar-refractivity contribution in [3.63, 3.8) is 0 Å². The first-order valence-corrected chi connectivity index (χ1v) is 6.81. The fourth-order valence-corrected chi connectivity index (χ4v) is 2.34. The molecule has 2 rings (SSSR count). The van der Waals surface area contributed by atoms with Crippen molar-refractivity contribution >= 4 is 28.9 Å². The van der Waals surface area contributed by atoms with Gasteiger partial charge in [0.05, 0.1) is 24.0 Å². The summed E-state index contributed by atoms with van der Waals surface area (Å²) in [5.74, 6) is 1.09. The van der Waals surface area contributed by atoms with Gasteiger partial charge in [-0.15, -0.1) is 11.6 Å². The zero-order valence-electron chi connectivity index (χ0n) is 11.0. The molecule has 21 heavy (non-hydrogen) atoms. The van der Waals surface area contributed by atoms with Crippen LogP contribution < -0.4 is 9.47 Å². The van der Waals surface area contributed by atoms with Gasteiger partial charge in [0.2, 0.25) is 0 Å². The monoisotopic (exact) mass is 327 g/mol. The second-order valence-electron chi connectivity index (χ2n) is 4.04. The van der Waals surface area contributed by atoms with Crippen molar-refractivity contribution in [2.24, 2.45) is 0 Å². The number of ether oxygens (including phenoxy) is 2. The lowest BCUT2D eigenvalue weighted by Crippen LogP contribution is -1.95. The van der Waals surface area contributed by atoms with E-state index < -0.39 is 4.92 Å². The van der Waals surface area contributed by atoms with Gasteiger partial charge in [-0.3, -0.25) is 10.1 Å². The Balaban J connectivity index is 2.39. The minimum atomic E-state index is -0.536. The van der Waals surface area contributed by atoms with E-state index in [1.165, 1.54) is 19.2 Å². The highest BCUT2D eigenvalue weighted by Crippen LogP contribution is 2.35. The summed E-state index contributed by atoms with van der Waals surface area (Å²) in [6, 6.07) is 9.44. The SMILES string of the molecule is COc1ccc(Oc2cccc(Cl)c2CCl)cc1[N+](=O)[O-]. The largest absolute Gasteiger partial charge is 0.490 e. The van der Waals surface area contributed by atoms with Crippen molar-refractivity contribution in [1.82, 2.24) is 0 Å². The molecule has 0 radical (unpaired) electrons. The molecule has 0 aliphatic heterocycles. The van der Waals surface area contributed by atoms with Gasteiger partial charge in [-0.05, 0) is 24.3 Å². The topological polar surface area (TPSA) is 61.6 Å². The molecule has 2 aromatic carbocycles. The van der Waals surface area contributed by atoms with Crippen molar-refractivity contribution in [2.45, 2.75) is 5.88 Å². The molecule has 110 valence electrons. The Morgan fingerprint density at radius 1 is 1.24 bits per heavy atom. The Morgan fingerprint density at radius 2 is 2.00 bits per heavy atom. The molecule has 0 fully saturated rings. The summed E-state index contributed by atoms with van der Waals surface area (Å²) in [6.07, 6.45) is 0. The lowest BCUT2D eigenvalue weighted by molar-refractivity contribution is -0.385. The molecule has 2 aromatic rings. The summed E-state index contributed by atoms with van der Waals surface area (Å²) >= 11 is 11.9. The quantitative estimate of drug-likeness (QED) is 0.450. The third-order valence-corrected chi connectivity index (χ3v) is 3.41. The average molecular weight is 328 g/mol. The van der Waals surface area contributed by atoms with Gasteiger partial charge >= 0.3 is 5.69 Å². The molecule has 0 unspecified atom stereocenters. The molecule has 0 bridgehead atoms. The molecule has 7 heteroatoms. The van der Waals surface area contributed by atoms with Crippen LogP contribution in [0.1, 0.15) is 5.56 Å². The predicted molar refractivity (Wildman–Crippen MR) is 80.7 cm³/mol. The number of rotatable bonds is 5. The molecule has 0 aliphatic carbocycles. The van der Waals surface area contributed by atoms with Crippen LogP contribution in [0.15, 0.2) is 36.4 Å². The van der Waals surface area contributed by atoms with Crippen molar-refractivity contribution in [3.05, 3.63) is 57.1 Å². The number of nitrogens with zero attached hydrogens (tertiary/aromatic N) is 1. The van der Waals surface area contributed by atoms with Crippen molar-refractivity contribution in [2.75, 3.05) is 7.11 Å². The molecule has 0 heterocycles. The van der Waals surface area contributed by atoms with Crippen molar-refractivity contribution in [1.29, 1.82) is 0 Å². The highest BCUT2D eigenvalue weighted by atomic mass is 35.5. The Hall–Kier alpha value is -1.98. The number of methoxy groups -OCH3 is 1. The number of hydrogen-bond donors (Lipinski definition) is 0. The maximum absolute atomic E-state index is 11.0. The van der Waals surface area contributed by atoms with E-state index >= 15 is 0 Å². The molecule has 0 N–H and O–H groups in total. The predicted octanol–water partition coefficient (Wildman–Crippen LogP) is 4.79. The van der Waals surface area contributed by atoms with Crippen LogP contribution in [0.2, 0.25) is 5.02 Å². The standard InChI is InChI=1S/C14H11Cl2NO4/c1-20-14-6-5-9(7-12(14)17(18)19)21-13-4-2-3-11(16)10(13)8-15/h2-7H,8H2,1H3. The molecule has 0 aromatic heterocycles. The van der Waals surface area contributed by atoms with Crippen LogP contribution in [-0.4, -0.2) is 12.0 Å². The number of benzene rings is 2. The Kier molecular flexibility index (Phi) is 4.88. The number of halogens is 2. The van der Waals surface area contributed by atoms with Crippen LogP contribution in [0.4, 0.5) is 5.69 Å². The average Bonchev–Trinajstić information content (AvgIpc) is 2.47. The molecule has 0 aliphatic rings. The molecular formula is C14H11Cl2NO4. The van der Waals surface area contributed by atoms with Gasteiger partial charge in [-0.1, -0.05) is 17.7 Å². The maximum Gasteiger partial charge on any atom is 0.314 e. The number of hydrogen-bond acceptors (Lipinski definition) is 4. The van der Waals surface area contributed by atoms with E-state index in [0.29, 0.717) is 22.1 Å². The van der Waals surface area contributed by atoms with Crippen LogP contribution in [0.5, 0.6) is 17.2 Å². The van der Waals surface area contributed by atoms with Crippen LogP contribution >= 0.6 is 23.2 Å². The lowest BCUT2D eigenvalue weighted by atomic mass is 10.2. The van der Waals surface area contributed by atoms with Gasteiger partial charge < -0.3 is 9.47 Å². The normalized spacial score (nSPS) is 10.2. The van der Waals surface area contributed by atoms with Gasteiger partial charge in [0.1, 0.15) is 11.5 Å². The Labute approximate surface area is 131 Å². The first-order valence-electron chi connectivity index (χ1n) is 5.90. The molecule has 0 atom stereocenters. The second-order valence-corrected chi connectivity index (χ2v) is 4.72.